The van der Waals surface area contributed by atoms with Crippen molar-refractivity contribution in [1.29, 1.82) is 0 Å². The summed E-state index contributed by atoms with van der Waals surface area (Å²) in [6.45, 7) is 1.70. The molecular weight excluding hydrogens is 198 g/mol. The number of ketones is 1. The molecule has 2 N–H and O–H groups in total. The fourth-order valence-electron chi connectivity index (χ4n) is 2.65. The summed E-state index contributed by atoms with van der Waals surface area (Å²) in [7, 11) is 0. The molecule has 0 radical (unpaired) electrons. The van der Waals surface area contributed by atoms with Gasteiger partial charge in [0.25, 0.3) is 0 Å². The molecule has 1 unspecified atom stereocenters. The van der Waals surface area contributed by atoms with Crippen LogP contribution in [0.2, 0.25) is 0 Å². The monoisotopic (exact) mass is 217 g/mol. The van der Waals surface area contributed by atoms with E-state index in [-0.39, 0.29) is 12.0 Å². The second-order valence-electron chi connectivity index (χ2n) is 4.80. The van der Waals surface area contributed by atoms with Crippen molar-refractivity contribution in [3.8, 4) is 0 Å². The molecule has 0 bridgehead atoms. The van der Waals surface area contributed by atoms with Crippen LogP contribution in [0.1, 0.15) is 37.7 Å². The summed E-state index contributed by atoms with van der Waals surface area (Å²) in [6, 6.07) is 10.5. The molecule has 2 heteroatoms. The first-order chi connectivity index (χ1) is 7.68. The lowest BCUT2D eigenvalue weighted by Gasteiger charge is -2.33. The zero-order valence-electron chi connectivity index (χ0n) is 9.73. The van der Waals surface area contributed by atoms with Crippen LogP contribution in [0.4, 0.5) is 0 Å². The highest BCUT2D eigenvalue weighted by molar-refractivity contribution is 5.78. The minimum atomic E-state index is 0.206. The molecular formula is C14H19NO. The van der Waals surface area contributed by atoms with Gasteiger partial charge in [-0.15, -0.1) is 0 Å². The van der Waals surface area contributed by atoms with Crippen molar-refractivity contribution in [3.63, 3.8) is 0 Å². The molecule has 0 aliphatic heterocycles. The average Bonchev–Trinajstić information content (AvgIpc) is 2.30. The molecule has 0 spiro atoms. The predicted octanol–water partition coefficient (Wildman–Crippen LogP) is 2.49. The normalized spacial score (nSPS) is 30.0. The Bertz CT molecular complexity index is 360. The maximum atomic E-state index is 11.4. The Labute approximate surface area is 96.8 Å². The Morgan fingerprint density at radius 3 is 2.56 bits per heavy atom. The SMILES string of the molecule is CC(=O)C1CC[C@H](N)[C@H](c2ccccc2)C1. The van der Waals surface area contributed by atoms with Gasteiger partial charge in [0.2, 0.25) is 0 Å². The van der Waals surface area contributed by atoms with Gasteiger partial charge in [0.1, 0.15) is 5.78 Å². The highest BCUT2D eigenvalue weighted by Crippen LogP contribution is 2.35. The molecule has 0 saturated heterocycles. The molecule has 1 aromatic carbocycles. The maximum absolute atomic E-state index is 11.4. The van der Waals surface area contributed by atoms with Gasteiger partial charge >= 0.3 is 0 Å². The lowest BCUT2D eigenvalue weighted by atomic mass is 9.74. The van der Waals surface area contributed by atoms with Gasteiger partial charge in [0.15, 0.2) is 0 Å². The van der Waals surface area contributed by atoms with Gasteiger partial charge in [-0.2, -0.15) is 0 Å². The summed E-state index contributed by atoms with van der Waals surface area (Å²) in [4.78, 5) is 11.4. The van der Waals surface area contributed by atoms with E-state index in [1.54, 1.807) is 6.92 Å². The Morgan fingerprint density at radius 1 is 1.25 bits per heavy atom. The van der Waals surface area contributed by atoms with Gasteiger partial charge in [-0.1, -0.05) is 30.3 Å². The molecule has 1 aromatic rings. The van der Waals surface area contributed by atoms with Crippen LogP contribution in [0.5, 0.6) is 0 Å². The van der Waals surface area contributed by atoms with Gasteiger partial charge < -0.3 is 5.73 Å². The van der Waals surface area contributed by atoms with Gasteiger partial charge in [-0.25, -0.2) is 0 Å². The van der Waals surface area contributed by atoms with Crippen LogP contribution in [0.15, 0.2) is 30.3 Å². The van der Waals surface area contributed by atoms with Crippen LogP contribution in [-0.4, -0.2) is 11.8 Å². The van der Waals surface area contributed by atoms with E-state index in [1.807, 2.05) is 18.2 Å². The van der Waals surface area contributed by atoms with Crippen LogP contribution in [0.25, 0.3) is 0 Å². The Kier molecular flexibility index (Phi) is 3.39. The molecule has 0 heterocycles. The first kappa shape index (κ1) is 11.3. The first-order valence-electron chi connectivity index (χ1n) is 5.99. The maximum Gasteiger partial charge on any atom is 0.132 e. The second kappa shape index (κ2) is 4.79. The van der Waals surface area contributed by atoms with Crippen molar-refractivity contribution < 1.29 is 4.79 Å². The number of nitrogens with two attached hydrogens (primary N) is 1. The summed E-state index contributed by atoms with van der Waals surface area (Å²) in [5.41, 5.74) is 7.44. The molecule has 2 nitrogen and oxygen atoms in total. The smallest absolute Gasteiger partial charge is 0.132 e. The van der Waals surface area contributed by atoms with E-state index in [0.29, 0.717) is 11.7 Å². The summed E-state index contributed by atoms with van der Waals surface area (Å²) < 4.78 is 0. The lowest BCUT2D eigenvalue weighted by molar-refractivity contribution is -0.121. The molecule has 3 atom stereocenters. The summed E-state index contributed by atoms with van der Waals surface area (Å²) in [5, 5.41) is 0. The van der Waals surface area contributed by atoms with Crippen LogP contribution in [0, 0.1) is 5.92 Å². The fraction of sp³-hybridized carbons (Fsp3) is 0.500. The third kappa shape index (κ3) is 2.33. The average molecular weight is 217 g/mol. The highest BCUT2D eigenvalue weighted by atomic mass is 16.1. The molecule has 1 saturated carbocycles. The molecule has 1 fully saturated rings. The molecule has 2 rings (SSSR count). The highest BCUT2D eigenvalue weighted by Gasteiger charge is 2.31. The number of benzene rings is 1. The lowest BCUT2D eigenvalue weighted by Crippen LogP contribution is -2.36. The molecule has 0 amide bonds. The summed E-state index contributed by atoms with van der Waals surface area (Å²) in [5.74, 6) is 0.877. The molecule has 1 aliphatic carbocycles. The minimum Gasteiger partial charge on any atom is -0.327 e. The van der Waals surface area contributed by atoms with E-state index in [0.717, 1.165) is 19.3 Å². The van der Waals surface area contributed by atoms with Crippen LogP contribution >= 0.6 is 0 Å². The van der Waals surface area contributed by atoms with Crippen molar-refractivity contribution in [2.45, 2.75) is 38.1 Å². The third-order valence-electron chi connectivity index (χ3n) is 3.71. The molecule has 16 heavy (non-hydrogen) atoms. The molecule has 0 aromatic heterocycles. The number of carbonyl (C=O) groups excluding carboxylic acids is 1. The molecule has 1 aliphatic rings. The Morgan fingerprint density at radius 2 is 1.94 bits per heavy atom. The largest absolute Gasteiger partial charge is 0.327 e. The quantitative estimate of drug-likeness (QED) is 0.827. The van der Waals surface area contributed by atoms with Gasteiger partial charge in [0.05, 0.1) is 0 Å². The van der Waals surface area contributed by atoms with Gasteiger partial charge in [-0.05, 0) is 37.7 Å². The van der Waals surface area contributed by atoms with Crippen LogP contribution in [-0.2, 0) is 4.79 Å². The standard InChI is InChI=1S/C14H19NO/c1-10(16)12-7-8-14(15)13(9-12)11-5-3-2-4-6-11/h2-6,12-14H,7-9,15H2,1H3/t12?,13-,14-/m0/s1. The van der Waals surface area contributed by atoms with E-state index in [4.69, 9.17) is 5.73 Å². The fourth-order valence-corrected chi connectivity index (χ4v) is 2.65. The molecule has 86 valence electrons. The minimum absolute atomic E-state index is 0.206. The van der Waals surface area contributed by atoms with Crippen LogP contribution < -0.4 is 5.73 Å². The third-order valence-corrected chi connectivity index (χ3v) is 3.71. The Hall–Kier alpha value is -1.15. The Balaban J connectivity index is 2.16. The number of carbonyl (C=O) groups is 1. The van der Waals surface area contributed by atoms with Crippen molar-refractivity contribution in [2.24, 2.45) is 11.7 Å². The van der Waals surface area contributed by atoms with Crippen molar-refractivity contribution >= 4 is 5.78 Å². The number of hydrogen-bond acceptors (Lipinski definition) is 2. The number of hydrogen-bond donors (Lipinski definition) is 1. The second-order valence-corrected chi connectivity index (χ2v) is 4.80. The zero-order chi connectivity index (χ0) is 11.5. The van der Waals surface area contributed by atoms with E-state index in [1.165, 1.54) is 5.56 Å². The van der Waals surface area contributed by atoms with Crippen molar-refractivity contribution in [2.75, 3.05) is 0 Å². The van der Waals surface area contributed by atoms with Crippen molar-refractivity contribution in [1.82, 2.24) is 0 Å². The van der Waals surface area contributed by atoms with Gasteiger partial charge in [-0.3, -0.25) is 4.79 Å². The number of rotatable bonds is 2. The van der Waals surface area contributed by atoms with Crippen molar-refractivity contribution in [3.05, 3.63) is 35.9 Å². The first-order valence-corrected chi connectivity index (χ1v) is 5.99. The van der Waals surface area contributed by atoms with E-state index < -0.39 is 0 Å². The zero-order valence-corrected chi connectivity index (χ0v) is 9.73. The van der Waals surface area contributed by atoms with E-state index in [9.17, 15) is 4.79 Å². The predicted molar refractivity (Wildman–Crippen MR) is 65.2 cm³/mol. The van der Waals surface area contributed by atoms with E-state index >= 15 is 0 Å². The van der Waals surface area contributed by atoms with E-state index in [2.05, 4.69) is 12.1 Å². The number of Topliss-reactive ketones (excluding diaryl/α,β-unsaturated/α-hetero) is 1. The van der Waals surface area contributed by atoms with Gasteiger partial charge in [0, 0.05) is 12.0 Å². The topological polar surface area (TPSA) is 43.1 Å². The summed E-state index contributed by atoms with van der Waals surface area (Å²) >= 11 is 0. The van der Waals surface area contributed by atoms with Crippen LogP contribution in [0.3, 0.4) is 0 Å². The summed E-state index contributed by atoms with van der Waals surface area (Å²) in [6.07, 6.45) is 2.84.